The summed E-state index contributed by atoms with van der Waals surface area (Å²) in [5.41, 5.74) is 6.49. The summed E-state index contributed by atoms with van der Waals surface area (Å²) in [5.74, 6) is -2.31. The smallest absolute Gasteiger partial charge is 0.251 e. The maximum atomic E-state index is 13.1. The third-order valence-corrected chi connectivity index (χ3v) is 3.35. The number of allylic oxidation sites excluding steroid dienone is 1. The minimum absolute atomic E-state index is 0.0990. The maximum absolute atomic E-state index is 13.1. The summed E-state index contributed by atoms with van der Waals surface area (Å²) < 4.78 is 26.3. The van der Waals surface area contributed by atoms with Crippen molar-refractivity contribution >= 4 is 0 Å². The number of nitrogens with two attached hydrogens (primary N) is 1. The second-order valence-corrected chi connectivity index (χ2v) is 4.66. The van der Waals surface area contributed by atoms with Gasteiger partial charge in [-0.1, -0.05) is 19.1 Å². The summed E-state index contributed by atoms with van der Waals surface area (Å²) >= 11 is 0. The molecule has 0 heterocycles. The Labute approximate surface area is 90.7 Å². The minimum Gasteiger partial charge on any atom is -0.328 e. The van der Waals surface area contributed by atoms with Gasteiger partial charge in [-0.2, -0.15) is 0 Å². The Morgan fingerprint density at radius 2 is 1.87 bits per heavy atom. The van der Waals surface area contributed by atoms with Crippen LogP contribution in [0.3, 0.4) is 0 Å². The highest BCUT2D eigenvalue weighted by Crippen LogP contribution is 2.35. The van der Waals surface area contributed by atoms with E-state index in [-0.39, 0.29) is 24.8 Å². The van der Waals surface area contributed by atoms with Crippen LogP contribution in [0.1, 0.15) is 45.4 Å². The maximum Gasteiger partial charge on any atom is 0.251 e. The van der Waals surface area contributed by atoms with Crippen molar-refractivity contribution in [3.63, 3.8) is 0 Å². The van der Waals surface area contributed by atoms with Crippen LogP contribution in [0.4, 0.5) is 8.78 Å². The van der Waals surface area contributed by atoms with E-state index >= 15 is 0 Å². The molecule has 0 aromatic rings. The van der Waals surface area contributed by atoms with E-state index in [1.165, 1.54) is 6.92 Å². The van der Waals surface area contributed by atoms with Crippen molar-refractivity contribution in [2.24, 2.45) is 11.7 Å². The van der Waals surface area contributed by atoms with Gasteiger partial charge in [0.1, 0.15) is 0 Å². The highest BCUT2D eigenvalue weighted by molar-refractivity contribution is 5.05. The fraction of sp³-hybridized carbons (Fsp3) is 0.833. The summed E-state index contributed by atoms with van der Waals surface area (Å²) in [6, 6.07) is 0.265. The van der Waals surface area contributed by atoms with Crippen LogP contribution in [0.2, 0.25) is 0 Å². The largest absolute Gasteiger partial charge is 0.328 e. The second kappa shape index (κ2) is 5.06. The second-order valence-electron chi connectivity index (χ2n) is 4.66. The molecule has 1 fully saturated rings. The molecule has 0 spiro atoms. The van der Waals surface area contributed by atoms with Gasteiger partial charge in [-0.05, 0) is 31.6 Å². The van der Waals surface area contributed by atoms with Crippen molar-refractivity contribution in [2.45, 2.75) is 57.4 Å². The van der Waals surface area contributed by atoms with Gasteiger partial charge in [0.25, 0.3) is 5.92 Å². The first-order chi connectivity index (χ1) is 6.94. The lowest BCUT2D eigenvalue weighted by Gasteiger charge is -2.29. The van der Waals surface area contributed by atoms with E-state index in [1.54, 1.807) is 0 Å². The van der Waals surface area contributed by atoms with Crippen LogP contribution in [0.25, 0.3) is 0 Å². The van der Waals surface area contributed by atoms with Crippen molar-refractivity contribution < 1.29 is 8.78 Å². The standard InChI is InChI=1S/C12H21F2N/c1-3-12(13,14)8-9(2)10-4-6-11(15)7-5-10/h10-11H,2-8,15H2,1H3. The summed E-state index contributed by atoms with van der Waals surface area (Å²) in [5, 5.41) is 0. The lowest BCUT2D eigenvalue weighted by atomic mass is 9.80. The molecule has 0 amide bonds. The van der Waals surface area contributed by atoms with Crippen LogP contribution in [-0.2, 0) is 0 Å². The molecule has 1 saturated carbocycles. The summed E-state index contributed by atoms with van der Waals surface area (Å²) in [7, 11) is 0. The lowest BCUT2D eigenvalue weighted by molar-refractivity contribution is -0.00480. The van der Waals surface area contributed by atoms with Crippen LogP contribution in [0, 0.1) is 5.92 Å². The Morgan fingerprint density at radius 3 is 2.33 bits per heavy atom. The normalized spacial score (nSPS) is 27.7. The Kier molecular flexibility index (Phi) is 4.26. The van der Waals surface area contributed by atoms with Gasteiger partial charge in [-0.15, -0.1) is 0 Å². The number of hydrogen-bond donors (Lipinski definition) is 1. The molecule has 0 aromatic heterocycles. The molecular formula is C12H21F2N. The molecule has 1 nitrogen and oxygen atoms in total. The van der Waals surface area contributed by atoms with Gasteiger partial charge in [-0.25, -0.2) is 8.78 Å². The quantitative estimate of drug-likeness (QED) is 0.717. The van der Waals surface area contributed by atoms with Crippen LogP contribution in [0.5, 0.6) is 0 Å². The van der Waals surface area contributed by atoms with Crippen LogP contribution >= 0.6 is 0 Å². The predicted molar refractivity (Wildman–Crippen MR) is 58.9 cm³/mol. The monoisotopic (exact) mass is 217 g/mol. The predicted octanol–water partition coefficient (Wildman–Crippen LogP) is 3.50. The first kappa shape index (κ1) is 12.6. The van der Waals surface area contributed by atoms with Gasteiger partial charge >= 0.3 is 0 Å². The highest BCUT2D eigenvalue weighted by Gasteiger charge is 2.30. The fourth-order valence-corrected chi connectivity index (χ4v) is 2.13. The summed E-state index contributed by atoms with van der Waals surface area (Å²) in [4.78, 5) is 0. The zero-order chi connectivity index (χ0) is 11.5. The molecule has 1 aliphatic carbocycles. The van der Waals surface area contributed by atoms with Crippen molar-refractivity contribution in [3.8, 4) is 0 Å². The third kappa shape index (κ3) is 3.90. The molecule has 0 atom stereocenters. The molecule has 0 aromatic carbocycles. The highest BCUT2D eigenvalue weighted by atomic mass is 19.3. The van der Waals surface area contributed by atoms with Gasteiger partial charge in [0.15, 0.2) is 0 Å². The van der Waals surface area contributed by atoms with Crippen molar-refractivity contribution in [3.05, 3.63) is 12.2 Å². The van der Waals surface area contributed by atoms with Crippen LogP contribution in [0.15, 0.2) is 12.2 Å². The molecule has 0 bridgehead atoms. The zero-order valence-electron chi connectivity index (χ0n) is 9.44. The Morgan fingerprint density at radius 1 is 1.33 bits per heavy atom. The minimum atomic E-state index is -2.57. The van der Waals surface area contributed by atoms with E-state index in [2.05, 4.69) is 6.58 Å². The van der Waals surface area contributed by atoms with E-state index in [4.69, 9.17) is 5.73 Å². The van der Waals surface area contributed by atoms with Gasteiger partial charge in [0.2, 0.25) is 0 Å². The molecule has 15 heavy (non-hydrogen) atoms. The first-order valence-electron chi connectivity index (χ1n) is 5.75. The van der Waals surface area contributed by atoms with Gasteiger partial charge in [0, 0.05) is 18.9 Å². The molecule has 88 valence electrons. The fourth-order valence-electron chi connectivity index (χ4n) is 2.13. The Balaban J connectivity index is 2.41. The summed E-state index contributed by atoms with van der Waals surface area (Å²) in [6.45, 7) is 5.33. The van der Waals surface area contributed by atoms with Gasteiger partial charge in [-0.3, -0.25) is 0 Å². The average Bonchev–Trinajstić information content (AvgIpc) is 2.18. The zero-order valence-corrected chi connectivity index (χ0v) is 9.44. The molecule has 0 aliphatic heterocycles. The van der Waals surface area contributed by atoms with Gasteiger partial charge < -0.3 is 5.73 Å². The van der Waals surface area contributed by atoms with Crippen LogP contribution in [-0.4, -0.2) is 12.0 Å². The van der Waals surface area contributed by atoms with Crippen molar-refractivity contribution in [1.82, 2.24) is 0 Å². The van der Waals surface area contributed by atoms with E-state index in [0.29, 0.717) is 5.57 Å². The number of rotatable bonds is 4. The SMILES string of the molecule is C=C(CC(F)(F)CC)C1CCC(N)CC1. The van der Waals surface area contributed by atoms with E-state index in [9.17, 15) is 8.78 Å². The van der Waals surface area contributed by atoms with Crippen LogP contribution < -0.4 is 5.73 Å². The number of alkyl halides is 2. The number of halogens is 2. The molecule has 0 unspecified atom stereocenters. The first-order valence-corrected chi connectivity index (χ1v) is 5.75. The van der Waals surface area contributed by atoms with Crippen molar-refractivity contribution in [1.29, 1.82) is 0 Å². The Hall–Kier alpha value is -0.440. The Bertz CT molecular complexity index is 218. The van der Waals surface area contributed by atoms with E-state index in [0.717, 1.165) is 25.7 Å². The topological polar surface area (TPSA) is 26.0 Å². The average molecular weight is 217 g/mol. The van der Waals surface area contributed by atoms with Crippen molar-refractivity contribution in [2.75, 3.05) is 0 Å². The molecule has 0 saturated heterocycles. The molecule has 2 N–H and O–H groups in total. The molecular weight excluding hydrogens is 196 g/mol. The molecule has 1 aliphatic rings. The molecule has 0 radical (unpaired) electrons. The lowest BCUT2D eigenvalue weighted by Crippen LogP contribution is -2.28. The molecule has 3 heteroatoms. The van der Waals surface area contributed by atoms with E-state index < -0.39 is 5.92 Å². The number of hydrogen-bond acceptors (Lipinski definition) is 1. The molecule has 1 rings (SSSR count). The van der Waals surface area contributed by atoms with Gasteiger partial charge in [0.05, 0.1) is 0 Å². The summed E-state index contributed by atoms with van der Waals surface area (Å²) in [6.07, 6.45) is 3.50. The third-order valence-electron chi connectivity index (χ3n) is 3.35. The van der Waals surface area contributed by atoms with E-state index in [1.807, 2.05) is 0 Å².